The molecule has 0 bridgehead atoms. The van der Waals surface area contributed by atoms with Crippen molar-refractivity contribution in [2.24, 2.45) is 0 Å². The SMILES string of the molecule is Cc1cc(C(=O)N2CCN(Cc3ccc4c(c3)OCO4)CC2)ccc1NS(=O)(=O)c1ccccc1. The van der Waals surface area contributed by atoms with Crippen molar-refractivity contribution in [2.45, 2.75) is 18.4 Å². The normalized spacial score (nSPS) is 15.7. The van der Waals surface area contributed by atoms with Gasteiger partial charge in [0, 0.05) is 38.3 Å². The summed E-state index contributed by atoms with van der Waals surface area (Å²) in [5.74, 6) is 1.51. The predicted molar refractivity (Wildman–Crippen MR) is 132 cm³/mol. The van der Waals surface area contributed by atoms with Gasteiger partial charge < -0.3 is 14.4 Å². The van der Waals surface area contributed by atoms with Gasteiger partial charge in [-0.25, -0.2) is 8.42 Å². The zero-order valence-corrected chi connectivity index (χ0v) is 20.3. The summed E-state index contributed by atoms with van der Waals surface area (Å²) in [4.78, 5) is 17.5. The first kappa shape index (κ1) is 23.2. The molecule has 1 amide bonds. The van der Waals surface area contributed by atoms with Crippen LogP contribution in [-0.4, -0.2) is 57.1 Å². The van der Waals surface area contributed by atoms with Gasteiger partial charge in [0.05, 0.1) is 10.6 Å². The van der Waals surface area contributed by atoms with Crippen LogP contribution in [0.25, 0.3) is 0 Å². The third-order valence-electron chi connectivity index (χ3n) is 6.27. The van der Waals surface area contributed by atoms with Gasteiger partial charge in [-0.05, 0) is 60.5 Å². The number of rotatable bonds is 6. The standard InChI is InChI=1S/C26H27N3O5S/c1-19-15-21(8-9-23(19)27-35(31,32)22-5-3-2-4-6-22)26(30)29-13-11-28(12-14-29)17-20-7-10-24-25(16-20)34-18-33-24/h2-10,15-16,27H,11-14,17-18H2,1H3. The van der Waals surface area contributed by atoms with Crippen molar-refractivity contribution < 1.29 is 22.7 Å². The summed E-state index contributed by atoms with van der Waals surface area (Å²) in [6.45, 7) is 5.65. The maximum atomic E-state index is 13.1. The second-order valence-corrected chi connectivity index (χ2v) is 10.4. The molecular formula is C26H27N3O5S. The molecule has 2 aliphatic heterocycles. The van der Waals surface area contributed by atoms with Gasteiger partial charge in [-0.2, -0.15) is 0 Å². The molecule has 2 aliphatic rings. The molecule has 1 N–H and O–H groups in total. The number of amides is 1. The Balaban J connectivity index is 1.19. The summed E-state index contributed by atoms with van der Waals surface area (Å²) in [6.07, 6.45) is 0. The third kappa shape index (κ3) is 5.11. The number of hydrogen-bond donors (Lipinski definition) is 1. The highest BCUT2D eigenvalue weighted by atomic mass is 32.2. The van der Waals surface area contributed by atoms with E-state index in [-0.39, 0.29) is 17.6 Å². The van der Waals surface area contributed by atoms with Gasteiger partial charge in [0.2, 0.25) is 6.79 Å². The zero-order chi connectivity index (χ0) is 24.4. The number of sulfonamides is 1. The van der Waals surface area contributed by atoms with E-state index in [0.717, 1.165) is 36.7 Å². The summed E-state index contributed by atoms with van der Waals surface area (Å²) in [7, 11) is -3.69. The molecular weight excluding hydrogens is 466 g/mol. The first-order valence-electron chi connectivity index (χ1n) is 11.5. The fraction of sp³-hybridized carbons (Fsp3) is 0.269. The first-order valence-corrected chi connectivity index (χ1v) is 13.0. The van der Waals surface area contributed by atoms with Crippen LogP contribution >= 0.6 is 0 Å². The minimum Gasteiger partial charge on any atom is -0.454 e. The van der Waals surface area contributed by atoms with Crippen molar-refractivity contribution in [2.75, 3.05) is 37.7 Å². The highest BCUT2D eigenvalue weighted by Crippen LogP contribution is 2.33. The minimum absolute atomic E-state index is 0.0479. The highest BCUT2D eigenvalue weighted by Gasteiger charge is 2.24. The molecule has 0 aliphatic carbocycles. The number of fused-ring (bicyclic) bond motifs is 1. The summed E-state index contributed by atoms with van der Waals surface area (Å²) in [6, 6.07) is 19.3. The molecule has 3 aromatic carbocycles. The molecule has 182 valence electrons. The Labute approximate surface area is 205 Å². The molecule has 0 saturated carbocycles. The molecule has 5 rings (SSSR count). The van der Waals surface area contributed by atoms with Crippen molar-refractivity contribution in [1.82, 2.24) is 9.80 Å². The summed E-state index contributed by atoms with van der Waals surface area (Å²) in [5, 5.41) is 0. The first-order chi connectivity index (χ1) is 16.9. The number of nitrogens with zero attached hydrogens (tertiary/aromatic N) is 2. The lowest BCUT2D eigenvalue weighted by atomic mass is 10.1. The number of carbonyl (C=O) groups is 1. The Morgan fingerprint density at radius 1 is 0.914 bits per heavy atom. The van der Waals surface area contributed by atoms with E-state index < -0.39 is 10.0 Å². The predicted octanol–water partition coefficient (Wildman–Crippen LogP) is 3.48. The Bertz CT molecular complexity index is 1340. The monoisotopic (exact) mass is 493 g/mol. The molecule has 0 unspecified atom stereocenters. The van der Waals surface area contributed by atoms with E-state index in [1.807, 2.05) is 23.1 Å². The average Bonchev–Trinajstić information content (AvgIpc) is 3.34. The maximum absolute atomic E-state index is 13.1. The van der Waals surface area contributed by atoms with Crippen LogP contribution < -0.4 is 14.2 Å². The number of anilines is 1. The van der Waals surface area contributed by atoms with Gasteiger partial charge in [-0.1, -0.05) is 24.3 Å². The van der Waals surface area contributed by atoms with Crippen molar-refractivity contribution in [1.29, 1.82) is 0 Å². The van der Waals surface area contributed by atoms with E-state index in [1.165, 1.54) is 0 Å². The van der Waals surface area contributed by atoms with Crippen molar-refractivity contribution >= 4 is 21.6 Å². The lowest BCUT2D eigenvalue weighted by molar-refractivity contribution is 0.0628. The number of nitrogens with one attached hydrogen (secondary N) is 1. The van der Waals surface area contributed by atoms with Crippen molar-refractivity contribution in [3.63, 3.8) is 0 Å². The fourth-order valence-corrected chi connectivity index (χ4v) is 5.46. The van der Waals surface area contributed by atoms with Crippen LogP contribution in [0.2, 0.25) is 0 Å². The molecule has 9 heteroatoms. The fourth-order valence-electron chi connectivity index (χ4n) is 4.30. The molecule has 3 aromatic rings. The Hall–Kier alpha value is -3.56. The number of benzene rings is 3. The van der Waals surface area contributed by atoms with E-state index in [1.54, 1.807) is 55.5 Å². The Morgan fingerprint density at radius 3 is 2.40 bits per heavy atom. The van der Waals surface area contributed by atoms with Gasteiger partial charge in [-0.15, -0.1) is 0 Å². The van der Waals surface area contributed by atoms with Crippen LogP contribution in [0.1, 0.15) is 21.5 Å². The average molecular weight is 494 g/mol. The van der Waals surface area contributed by atoms with Crippen molar-refractivity contribution in [3.05, 3.63) is 83.4 Å². The molecule has 0 spiro atoms. The Morgan fingerprint density at radius 2 is 1.66 bits per heavy atom. The minimum atomic E-state index is -3.69. The van der Waals surface area contributed by atoms with E-state index in [2.05, 4.69) is 9.62 Å². The number of piperazine rings is 1. The second kappa shape index (κ2) is 9.59. The van der Waals surface area contributed by atoms with E-state index in [4.69, 9.17) is 9.47 Å². The van der Waals surface area contributed by atoms with Crippen LogP contribution in [0.4, 0.5) is 5.69 Å². The third-order valence-corrected chi connectivity index (χ3v) is 7.66. The summed E-state index contributed by atoms with van der Waals surface area (Å²) in [5.41, 5.74) is 2.85. The molecule has 0 aromatic heterocycles. The Kier molecular flexibility index (Phi) is 6.36. The van der Waals surface area contributed by atoms with E-state index >= 15 is 0 Å². The molecule has 0 atom stereocenters. The van der Waals surface area contributed by atoms with Crippen LogP contribution in [0.3, 0.4) is 0 Å². The van der Waals surface area contributed by atoms with Gasteiger partial charge in [-0.3, -0.25) is 14.4 Å². The molecule has 1 saturated heterocycles. The number of aryl methyl sites for hydroxylation is 1. The van der Waals surface area contributed by atoms with E-state index in [0.29, 0.717) is 29.9 Å². The topological polar surface area (TPSA) is 88.2 Å². The van der Waals surface area contributed by atoms with Gasteiger partial charge in [0.1, 0.15) is 0 Å². The van der Waals surface area contributed by atoms with Gasteiger partial charge in [0.15, 0.2) is 11.5 Å². The largest absolute Gasteiger partial charge is 0.454 e. The van der Waals surface area contributed by atoms with Crippen LogP contribution in [0, 0.1) is 6.92 Å². The maximum Gasteiger partial charge on any atom is 0.261 e. The van der Waals surface area contributed by atoms with Crippen LogP contribution in [0.5, 0.6) is 11.5 Å². The second-order valence-electron chi connectivity index (χ2n) is 8.70. The number of ether oxygens (including phenoxy) is 2. The summed E-state index contributed by atoms with van der Waals surface area (Å²) < 4.78 is 38.7. The molecule has 0 radical (unpaired) electrons. The van der Waals surface area contributed by atoms with E-state index in [9.17, 15) is 13.2 Å². The number of hydrogen-bond acceptors (Lipinski definition) is 6. The lowest BCUT2D eigenvalue weighted by Gasteiger charge is -2.35. The quantitative estimate of drug-likeness (QED) is 0.566. The number of carbonyl (C=O) groups excluding carboxylic acids is 1. The van der Waals surface area contributed by atoms with Crippen LogP contribution in [-0.2, 0) is 16.6 Å². The molecule has 1 fully saturated rings. The molecule has 8 nitrogen and oxygen atoms in total. The van der Waals surface area contributed by atoms with Crippen molar-refractivity contribution in [3.8, 4) is 11.5 Å². The zero-order valence-electron chi connectivity index (χ0n) is 19.4. The van der Waals surface area contributed by atoms with Crippen LogP contribution in [0.15, 0.2) is 71.6 Å². The highest BCUT2D eigenvalue weighted by molar-refractivity contribution is 7.92. The van der Waals surface area contributed by atoms with Gasteiger partial charge >= 0.3 is 0 Å². The molecule has 35 heavy (non-hydrogen) atoms. The summed E-state index contributed by atoms with van der Waals surface area (Å²) >= 11 is 0. The molecule has 2 heterocycles. The smallest absolute Gasteiger partial charge is 0.261 e. The lowest BCUT2D eigenvalue weighted by Crippen LogP contribution is -2.48. The van der Waals surface area contributed by atoms with Gasteiger partial charge in [0.25, 0.3) is 15.9 Å².